The summed E-state index contributed by atoms with van der Waals surface area (Å²) in [5.41, 5.74) is 7.51. The Labute approximate surface area is 167 Å². The van der Waals surface area contributed by atoms with Gasteiger partial charge in [0.25, 0.3) is 0 Å². The van der Waals surface area contributed by atoms with Crippen molar-refractivity contribution >= 4 is 15.9 Å². The third-order valence-electron chi connectivity index (χ3n) is 4.69. The molecule has 0 radical (unpaired) electrons. The van der Waals surface area contributed by atoms with Gasteiger partial charge in [0.05, 0.1) is 23.0 Å². The SMILES string of the molecule is Cc1ccccc1-n1c(-c2ccc(Br)cc2)ccc1-c1ccc(C#N)cc1. The number of rotatable bonds is 3. The molecule has 0 fully saturated rings. The molecule has 0 aliphatic heterocycles. The normalized spacial score (nSPS) is 10.6. The van der Waals surface area contributed by atoms with E-state index in [-0.39, 0.29) is 0 Å². The summed E-state index contributed by atoms with van der Waals surface area (Å²) in [7, 11) is 0. The smallest absolute Gasteiger partial charge is 0.0991 e. The lowest BCUT2D eigenvalue weighted by Crippen LogP contribution is -2.01. The summed E-state index contributed by atoms with van der Waals surface area (Å²) in [4.78, 5) is 0. The van der Waals surface area contributed by atoms with E-state index in [4.69, 9.17) is 5.26 Å². The van der Waals surface area contributed by atoms with Gasteiger partial charge >= 0.3 is 0 Å². The van der Waals surface area contributed by atoms with Crippen LogP contribution in [0, 0.1) is 18.3 Å². The Morgan fingerprint density at radius 3 is 1.85 bits per heavy atom. The molecule has 0 N–H and O–H groups in total. The van der Waals surface area contributed by atoms with Crippen molar-refractivity contribution in [2.24, 2.45) is 0 Å². The van der Waals surface area contributed by atoms with E-state index in [1.807, 2.05) is 24.3 Å². The average molecular weight is 413 g/mol. The first kappa shape index (κ1) is 17.3. The topological polar surface area (TPSA) is 28.7 Å². The summed E-state index contributed by atoms with van der Waals surface area (Å²) in [6.07, 6.45) is 0. The minimum absolute atomic E-state index is 0.667. The van der Waals surface area contributed by atoms with E-state index >= 15 is 0 Å². The zero-order valence-corrected chi connectivity index (χ0v) is 16.4. The maximum absolute atomic E-state index is 9.08. The van der Waals surface area contributed by atoms with Gasteiger partial charge in [0.1, 0.15) is 0 Å². The van der Waals surface area contributed by atoms with Gasteiger partial charge in [0, 0.05) is 10.2 Å². The van der Waals surface area contributed by atoms with Gasteiger partial charge in [-0.15, -0.1) is 0 Å². The molecule has 0 unspecified atom stereocenters. The highest BCUT2D eigenvalue weighted by molar-refractivity contribution is 9.10. The third-order valence-corrected chi connectivity index (χ3v) is 5.22. The van der Waals surface area contributed by atoms with Gasteiger partial charge in [0.15, 0.2) is 0 Å². The number of hydrogen-bond donors (Lipinski definition) is 0. The maximum Gasteiger partial charge on any atom is 0.0991 e. The first-order valence-electron chi connectivity index (χ1n) is 8.71. The molecule has 27 heavy (non-hydrogen) atoms. The molecule has 4 rings (SSSR count). The Balaban J connectivity index is 1.96. The molecule has 1 aromatic heterocycles. The fraction of sp³-hybridized carbons (Fsp3) is 0.0417. The van der Waals surface area contributed by atoms with Crippen LogP contribution in [-0.4, -0.2) is 4.57 Å². The van der Waals surface area contributed by atoms with Gasteiger partial charge in [-0.1, -0.05) is 58.4 Å². The number of hydrogen-bond acceptors (Lipinski definition) is 1. The van der Waals surface area contributed by atoms with Crippen molar-refractivity contribution in [1.29, 1.82) is 5.26 Å². The van der Waals surface area contributed by atoms with E-state index in [1.54, 1.807) is 0 Å². The minimum atomic E-state index is 0.667. The highest BCUT2D eigenvalue weighted by Gasteiger charge is 2.15. The lowest BCUT2D eigenvalue weighted by molar-refractivity contribution is 1.07. The van der Waals surface area contributed by atoms with E-state index < -0.39 is 0 Å². The third kappa shape index (κ3) is 3.32. The summed E-state index contributed by atoms with van der Waals surface area (Å²) in [6, 6.07) is 31.0. The zero-order chi connectivity index (χ0) is 18.8. The van der Waals surface area contributed by atoms with Crippen LogP contribution in [0.1, 0.15) is 11.1 Å². The Morgan fingerprint density at radius 1 is 0.741 bits per heavy atom. The summed E-state index contributed by atoms with van der Waals surface area (Å²) < 4.78 is 3.35. The van der Waals surface area contributed by atoms with Gasteiger partial charge in [-0.2, -0.15) is 5.26 Å². The lowest BCUT2D eigenvalue weighted by atomic mass is 10.1. The molecule has 4 aromatic rings. The van der Waals surface area contributed by atoms with Crippen LogP contribution in [0.2, 0.25) is 0 Å². The number of nitriles is 1. The van der Waals surface area contributed by atoms with Gasteiger partial charge in [-0.05, 0) is 66.1 Å². The van der Waals surface area contributed by atoms with Crippen LogP contribution in [0.4, 0.5) is 0 Å². The van der Waals surface area contributed by atoms with Crippen LogP contribution in [0.25, 0.3) is 28.2 Å². The molecule has 0 bridgehead atoms. The Kier molecular flexibility index (Phi) is 4.66. The molecule has 0 aliphatic carbocycles. The van der Waals surface area contributed by atoms with Crippen molar-refractivity contribution in [2.75, 3.05) is 0 Å². The molecule has 3 heteroatoms. The Bertz CT molecular complexity index is 1130. The minimum Gasteiger partial charge on any atom is -0.309 e. The number of aromatic nitrogens is 1. The quantitative estimate of drug-likeness (QED) is 0.365. The van der Waals surface area contributed by atoms with Crippen LogP contribution >= 0.6 is 15.9 Å². The second-order valence-corrected chi connectivity index (χ2v) is 7.34. The number of halogens is 1. The highest BCUT2D eigenvalue weighted by Crippen LogP contribution is 2.34. The predicted molar refractivity (Wildman–Crippen MR) is 114 cm³/mol. The molecule has 2 nitrogen and oxygen atoms in total. The van der Waals surface area contributed by atoms with Crippen molar-refractivity contribution in [3.63, 3.8) is 0 Å². The first-order chi connectivity index (χ1) is 13.2. The fourth-order valence-corrected chi connectivity index (χ4v) is 3.56. The largest absolute Gasteiger partial charge is 0.309 e. The molecular weight excluding hydrogens is 396 g/mol. The van der Waals surface area contributed by atoms with Gasteiger partial charge < -0.3 is 4.57 Å². The second-order valence-electron chi connectivity index (χ2n) is 6.42. The van der Waals surface area contributed by atoms with Crippen LogP contribution in [0.3, 0.4) is 0 Å². The second kappa shape index (κ2) is 7.26. The van der Waals surface area contributed by atoms with E-state index in [1.165, 1.54) is 5.56 Å². The van der Waals surface area contributed by atoms with Crippen LogP contribution in [-0.2, 0) is 0 Å². The average Bonchev–Trinajstić information content (AvgIpc) is 3.14. The van der Waals surface area contributed by atoms with Crippen molar-refractivity contribution < 1.29 is 0 Å². The van der Waals surface area contributed by atoms with Crippen LogP contribution in [0.15, 0.2) is 89.4 Å². The molecule has 1 heterocycles. The van der Waals surface area contributed by atoms with E-state index in [0.717, 1.165) is 32.7 Å². The summed E-state index contributed by atoms with van der Waals surface area (Å²) >= 11 is 3.52. The van der Waals surface area contributed by atoms with E-state index in [2.05, 4.69) is 94.2 Å². The van der Waals surface area contributed by atoms with E-state index in [0.29, 0.717) is 5.56 Å². The molecule has 3 aromatic carbocycles. The summed E-state index contributed by atoms with van der Waals surface area (Å²) in [5, 5.41) is 9.08. The highest BCUT2D eigenvalue weighted by atomic mass is 79.9. The molecular formula is C24H17BrN2. The van der Waals surface area contributed by atoms with Gasteiger partial charge in [0.2, 0.25) is 0 Å². The number of para-hydroxylation sites is 1. The first-order valence-corrected chi connectivity index (χ1v) is 9.51. The van der Waals surface area contributed by atoms with Crippen molar-refractivity contribution in [3.8, 4) is 34.3 Å². The maximum atomic E-state index is 9.08. The number of benzene rings is 3. The number of aryl methyl sites for hydroxylation is 1. The van der Waals surface area contributed by atoms with Gasteiger partial charge in [-0.25, -0.2) is 0 Å². The number of nitrogens with zero attached hydrogens (tertiary/aromatic N) is 2. The molecule has 0 amide bonds. The molecule has 0 spiro atoms. The molecule has 0 atom stereocenters. The fourth-order valence-electron chi connectivity index (χ4n) is 3.30. The Hall–Kier alpha value is -3.09. The van der Waals surface area contributed by atoms with Crippen molar-refractivity contribution in [1.82, 2.24) is 4.57 Å². The van der Waals surface area contributed by atoms with Crippen molar-refractivity contribution in [3.05, 3.63) is 101 Å². The molecule has 0 saturated heterocycles. The summed E-state index contributed by atoms with van der Waals surface area (Å²) in [5.74, 6) is 0. The monoisotopic (exact) mass is 412 g/mol. The summed E-state index contributed by atoms with van der Waals surface area (Å²) in [6.45, 7) is 2.13. The zero-order valence-electron chi connectivity index (χ0n) is 14.9. The van der Waals surface area contributed by atoms with Crippen molar-refractivity contribution in [2.45, 2.75) is 6.92 Å². The van der Waals surface area contributed by atoms with Crippen LogP contribution < -0.4 is 0 Å². The van der Waals surface area contributed by atoms with E-state index in [9.17, 15) is 0 Å². The standard InChI is InChI=1S/C24H17BrN2/c1-17-4-2-3-5-22(17)27-23(19-8-6-18(16-26)7-9-19)14-15-24(27)20-10-12-21(25)13-11-20/h2-15H,1H3. The van der Waals surface area contributed by atoms with Crippen LogP contribution in [0.5, 0.6) is 0 Å². The van der Waals surface area contributed by atoms with Gasteiger partial charge in [-0.3, -0.25) is 0 Å². The Morgan fingerprint density at radius 2 is 1.30 bits per heavy atom. The molecule has 0 saturated carbocycles. The molecule has 130 valence electrons. The molecule has 0 aliphatic rings. The lowest BCUT2D eigenvalue weighted by Gasteiger charge is -2.16. The predicted octanol–water partition coefficient (Wildman–Crippen LogP) is 6.75.